The zero-order valence-corrected chi connectivity index (χ0v) is 29.4. The fraction of sp³-hybridized carbons (Fsp3) is 0. The number of pyridine rings is 1. The smallest absolute Gasteiger partial charge is 0.160 e. The first kappa shape index (κ1) is 31.5. The Morgan fingerprint density at radius 2 is 0.870 bits per heavy atom. The minimum absolute atomic E-state index is 0.686. The van der Waals surface area contributed by atoms with Crippen molar-refractivity contribution in [3.63, 3.8) is 0 Å². The number of benzene rings is 8. The third-order valence-electron chi connectivity index (χ3n) is 10.3. The monoisotopic (exact) mass is 687 g/mol. The third-order valence-corrected chi connectivity index (χ3v) is 10.3. The van der Waals surface area contributed by atoms with Gasteiger partial charge in [0.15, 0.2) is 5.82 Å². The molecule has 0 aliphatic rings. The van der Waals surface area contributed by atoms with Gasteiger partial charge in [-0.2, -0.15) is 0 Å². The molecule has 8 aromatic carbocycles. The summed E-state index contributed by atoms with van der Waals surface area (Å²) >= 11 is 0. The van der Waals surface area contributed by atoms with Crippen molar-refractivity contribution in [2.75, 3.05) is 0 Å². The summed E-state index contributed by atoms with van der Waals surface area (Å²) in [5.41, 5.74) is 12.9. The topological polar surface area (TPSA) is 38.7 Å². The molecule has 0 N–H and O–H groups in total. The number of fused-ring (bicyclic) bond motifs is 3. The van der Waals surface area contributed by atoms with Gasteiger partial charge < -0.3 is 0 Å². The highest BCUT2D eigenvalue weighted by Crippen LogP contribution is 2.41. The van der Waals surface area contributed by atoms with Crippen molar-refractivity contribution in [1.29, 1.82) is 0 Å². The van der Waals surface area contributed by atoms with Gasteiger partial charge >= 0.3 is 0 Å². The van der Waals surface area contributed by atoms with E-state index < -0.39 is 0 Å². The van der Waals surface area contributed by atoms with Crippen LogP contribution in [0.1, 0.15) is 0 Å². The van der Waals surface area contributed by atoms with Gasteiger partial charge in [-0.25, -0.2) is 9.97 Å². The van der Waals surface area contributed by atoms with E-state index in [2.05, 4.69) is 181 Å². The average Bonchev–Trinajstić information content (AvgIpc) is 3.25. The van der Waals surface area contributed by atoms with Crippen molar-refractivity contribution >= 4 is 32.4 Å². The summed E-state index contributed by atoms with van der Waals surface area (Å²) in [5.74, 6) is 0.686. The van der Waals surface area contributed by atoms with Crippen molar-refractivity contribution < 1.29 is 0 Å². The lowest BCUT2D eigenvalue weighted by Crippen LogP contribution is -1.97. The maximum atomic E-state index is 5.37. The van der Waals surface area contributed by atoms with Gasteiger partial charge in [0.1, 0.15) is 0 Å². The molecular weight excluding hydrogens is 655 g/mol. The third kappa shape index (κ3) is 5.78. The molecule has 0 saturated heterocycles. The lowest BCUT2D eigenvalue weighted by Gasteiger charge is -2.16. The number of hydrogen-bond acceptors (Lipinski definition) is 3. The standard InChI is InChI=1S/C51H33N3/c1-3-12-34(13-4-1)38-25-26-47-48(32-38)53-51(54-50(47)37-14-5-2-6-15-37)44-30-42(36-23-21-35(22-24-36)41-18-11-27-52-33-41)29-43(31-44)49-45-19-9-7-16-39(45)28-40-17-8-10-20-46(40)49/h1-33H. The molecule has 0 bridgehead atoms. The zero-order chi connectivity index (χ0) is 35.8. The second kappa shape index (κ2) is 13.4. The van der Waals surface area contributed by atoms with Gasteiger partial charge in [0, 0.05) is 28.9 Å². The summed E-state index contributed by atoms with van der Waals surface area (Å²) in [4.78, 5) is 15.1. The van der Waals surface area contributed by atoms with Gasteiger partial charge in [-0.15, -0.1) is 0 Å². The van der Waals surface area contributed by atoms with Crippen LogP contribution in [-0.4, -0.2) is 15.0 Å². The summed E-state index contributed by atoms with van der Waals surface area (Å²) in [5, 5.41) is 5.86. The quantitative estimate of drug-likeness (QED) is 0.163. The summed E-state index contributed by atoms with van der Waals surface area (Å²) < 4.78 is 0. The van der Waals surface area contributed by atoms with E-state index in [1.165, 1.54) is 27.1 Å². The number of hydrogen-bond donors (Lipinski definition) is 0. The Balaban J connectivity index is 1.24. The Hall–Kier alpha value is -7.23. The molecule has 3 nitrogen and oxygen atoms in total. The molecule has 0 saturated carbocycles. The second-order valence-corrected chi connectivity index (χ2v) is 13.7. The van der Waals surface area contributed by atoms with Crippen LogP contribution in [0.5, 0.6) is 0 Å². The highest BCUT2D eigenvalue weighted by atomic mass is 14.9. The predicted octanol–water partition coefficient (Wildman–Crippen LogP) is 13.3. The highest BCUT2D eigenvalue weighted by molar-refractivity contribution is 6.13. The molecule has 0 amide bonds. The van der Waals surface area contributed by atoms with Gasteiger partial charge in [-0.1, -0.05) is 146 Å². The Morgan fingerprint density at radius 3 is 1.56 bits per heavy atom. The van der Waals surface area contributed by atoms with Crippen LogP contribution in [-0.2, 0) is 0 Å². The molecule has 2 aromatic heterocycles. The average molecular weight is 688 g/mol. The van der Waals surface area contributed by atoms with Crippen LogP contribution < -0.4 is 0 Å². The van der Waals surface area contributed by atoms with E-state index in [1.807, 2.05) is 24.5 Å². The van der Waals surface area contributed by atoms with Crippen LogP contribution in [0.25, 0.3) is 99.6 Å². The van der Waals surface area contributed by atoms with Crippen LogP contribution >= 0.6 is 0 Å². The van der Waals surface area contributed by atoms with Crippen molar-refractivity contribution in [3.05, 3.63) is 200 Å². The first-order valence-electron chi connectivity index (χ1n) is 18.2. The largest absolute Gasteiger partial charge is 0.264 e. The summed E-state index contributed by atoms with van der Waals surface area (Å²) in [7, 11) is 0. The molecule has 0 unspecified atom stereocenters. The summed E-state index contributed by atoms with van der Waals surface area (Å²) in [6.07, 6.45) is 3.71. The molecule has 54 heavy (non-hydrogen) atoms. The number of aromatic nitrogens is 3. The maximum absolute atomic E-state index is 5.37. The Bertz CT molecular complexity index is 2900. The number of rotatable bonds is 6. The Morgan fingerprint density at radius 1 is 0.315 bits per heavy atom. The first-order valence-corrected chi connectivity index (χ1v) is 18.2. The summed E-state index contributed by atoms with van der Waals surface area (Å²) in [6.45, 7) is 0. The van der Waals surface area contributed by atoms with E-state index >= 15 is 0 Å². The Kier molecular flexibility index (Phi) is 7.81. The van der Waals surface area contributed by atoms with Crippen molar-refractivity contribution in [3.8, 4) is 67.2 Å². The van der Waals surface area contributed by atoms with Gasteiger partial charge in [0.2, 0.25) is 0 Å². The second-order valence-electron chi connectivity index (χ2n) is 13.7. The lowest BCUT2D eigenvalue weighted by atomic mass is 9.89. The molecule has 252 valence electrons. The molecule has 0 spiro atoms. The fourth-order valence-electron chi connectivity index (χ4n) is 7.67. The molecular formula is C51H33N3. The van der Waals surface area contributed by atoms with E-state index in [-0.39, 0.29) is 0 Å². The Labute approximate surface area is 313 Å². The van der Waals surface area contributed by atoms with Gasteiger partial charge in [-0.05, 0) is 109 Å². The van der Waals surface area contributed by atoms with Gasteiger partial charge in [0.05, 0.1) is 11.2 Å². The first-order chi connectivity index (χ1) is 26.7. The van der Waals surface area contributed by atoms with Crippen LogP contribution in [0, 0.1) is 0 Å². The molecule has 10 aromatic rings. The predicted molar refractivity (Wildman–Crippen MR) is 225 cm³/mol. The van der Waals surface area contributed by atoms with Crippen LogP contribution in [0.3, 0.4) is 0 Å². The highest BCUT2D eigenvalue weighted by Gasteiger charge is 2.17. The molecule has 0 fully saturated rings. The molecule has 2 heterocycles. The van der Waals surface area contributed by atoms with E-state index in [1.54, 1.807) is 0 Å². The molecule has 0 radical (unpaired) electrons. The fourth-order valence-corrected chi connectivity index (χ4v) is 7.67. The van der Waals surface area contributed by atoms with Crippen molar-refractivity contribution in [1.82, 2.24) is 15.0 Å². The minimum atomic E-state index is 0.686. The van der Waals surface area contributed by atoms with Gasteiger partial charge in [-0.3, -0.25) is 4.98 Å². The lowest BCUT2D eigenvalue weighted by molar-refractivity contribution is 1.23. The van der Waals surface area contributed by atoms with E-state index in [4.69, 9.17) is 9.97 Å². The molecule has 3 heteroatoms. The van der Waals surface area contributed by atoms with Gasteiger partial charge in [0.25, 0.3) is 0 Å². The van der Waals surface area contributed by atoms with E-state index in [9.17, 15) is 0 Å². The molecule has 0 aliphatic carbocycles. The molecule has 10 rings (SSSR count). The maximum Gasteiger partial charge on any atom is 0.160 e. The minimum Gasteiger partial charge on any atom is -0.264 e. The van der Waals surface area contributed by atoms with Crippen LogP contribution in [0.4, 0.5) is 0 Å². The number of nitrogens with zero attached hydrogens (tertiary/aromatic N) is 3. The van der Waals surface area contributed by atoms with Crippen molar-refractivity contribution in [2.24, 2.45) is 0 Å². The SMILES string of the molecule is c1ccc(-c2ccc3c(-c4ccccc4)nc(-c4cc(-c5ccc(-c6cccnc6)cc5)cc(-c5c6ccccc6cc6ccccc56)c4)nc3c2)cc1. The van der Waals surface area contributed by atoms with E-state index in [0.717, 1.165) is 66.7 Å². The zero-order valence-electron chi connectivity index (χ0n) is 29.4. The van der Waals surface area contributed by atoms with Crippen LogP contribution in [0.15, 0.2) is 200 Å². The van der Waals surface area contributed by atoms with Crippen LogP contribution in [0.2, 0.25) is 0 Å². The summed E-state index contributed by atoms with van der Waals surface area (Å²) in [6, 6.07) is 66.8. The normalized spacial score (nSPS) is 11.3. The van der Waals surface area contributed by atoms with Crippen molar-refractivity contribution in [2.45, 2.75) is 0 Å². The van der Waals surface area contributed by atoms with E-state index in [0.29, 0.717) is 5.82 Å². The molecule has 0 aliphatic heterocycles. The molecule has 0 atom stereocenters.